The largest absolute Gasteiger partial charge is 0.557 e. The van der Waals surface area contributed by atoms with Crippen LogP contribution in [0.2, 0.25) is 0 Å². The van der Waals surface area contributed by atoms with Gasteiger partial charge in [-0.25, -0.2) is 0 Å². The van der Waals surface area contributed by atoms with E-state index in [1.165, 1.54) is 0 Å². The summed E-state index contributed by atoms with van der Waals surface area (Å²) in [6.45, 7) is 0. The fourth-order valence-electron chi connectivity index (χ4n) is 1.61. The highest BCUT2D eigenvalue weighted by Gasteiger charge is 2.45. The van der Waals surface area contributed by atoms with Gasteiger partial charge in [-0.1, -0.05) is 0 Å². The molecule has 19 heavy (non-hydrogen) atoms. The van der Waals surface area contributed by atoms with Gasteiger partial charge in [0, 0.05) is 0 Å². The highest BCUT2D eigenvalue weighted by atomic mass is 17.2. The van der Waals surface area contributed by atoms with Crippen LogP contribution in [-0.4, -0.2) is 22.2 Å². The molecule has 0 spiro atoms. The summed E-state index contributed by atoms with van der Waals surface area (Å²) in [6.07, 6.45) is 0. The van der Waals surface area contributed by atoms with Crippen molar-refractivity contribution in [2.75, 3.05) is 12.6 Å². The third-order valence-electron chi connectivity index (χ3n) is 2.37. The molecule has 1 aliphatic heterocycles. The SMILES string of the molecule is COc1c([N+](=O)[O-])cc2c(c1[N+](=O)[O-])NO[N+]2([O-])O. The standard InChI is InChI=1S/C7H6N4O8/c1-18-7-3(9(12)13)2-4-5(6(7)10(14)15)8-19-11(4,16)17/h2,8,16H,1H3. The first kappa shape index (κ1) is 12.9. The zero-order valence-corrected chi connectivity index (χ0v) is 9.22. The quantitative estimate of drug-likeness (QED) is 0.354. The molecule has 0 saturated heterocycles. The van der Waals surface area contributed by atoms with Gasteiger partial charge in [-0.3, -0.25) is 20.2 Å². The lowest BCUT2D eigenvalue weighted by Crippen LogP contribution is -2.35. The molecule has 0 amide bonds. The van der Waals surface area contributed by atoms with Crippen LogP contribution in [0.15, 0.2) is 6.07 Å². The van der Waals surface area contributed by atoms with Gasteiger partial charge in [0.05, 0.1) is 23.0 Å². The van der Waals surface area contributed by atoms with Gasteiger partial charge in [0.15, 0.2) is 0 Å². The monoisotopic (exact) mass is 274 g/mol. The van der Waals surface area contributed by atoms with Crippen molar-refractivity contribution in [2.24, 2.45) is 0 Å². The Bertz CT molecular complexity index is 585. The molecule has 1 aromatic carbocycles. The average Bonchev–Trinajstić information content (AvgIpc) is 2.62. The van der Waals surface area contributed by atoms with E-state index < -0.39 is 43.3 Å². The van der Waals surface area contributed by atoms with Crippen LogP contribution in [0.3, 0.4) is 0 Å². The Morgan fingerprint density at radius 3 is 2.53 bits per heavy atom. The molecule has 2 N–H and O–H groups in total. The van der Waals surface area contributed by atoms with Crippen molar-refractivity contribution in [3.63, 3.8) is 0 Å². The molecule has 1 aromatic rings. The molecule has 102 valence electrons. The molecule has 1 atom stereocenters. The Labute approximate surface area is 103 Å². The molecule has 12 nitrogen and oxygen atoms in total. The van der Waals surface area contributed by atoms with E-state index in [1.54, 1.807) is 0 Å². The van der Waals surface area contributed by atoms with Gasteiger partial charge in [0.1, 0.15) is 0 Å². The van der Waals surface area contributed by atoms with Gasteiger partial charge in [-0.05, 0) is 9.91 Å². The number of fused-ring (bicyclic) bond motifs is 1. The molecule has 12 heteroatoms. The van der Waals surface area contributed by atoms with Gasteiger partial charge < -0.3 is 9.94 Å². The van der Waals surface area contributed by atoms with Gasteiger partial charge in [0.25, 0.3) is 5.75 Å². The van der Waals surface area contributed by atoms with E-state index in [0.717, 1.165) is 7.11 Å². The van der Waals surface area contributed by atoms with E-state index in [9.17, 15) is 30.6 Å². The van der Waals surface area contributed by atoms with Crippen LogP contribution in [0.1, 0.15) is 0 Å². The molecule has 0 radical (unpaired) electrons. The molecular weight excluding hydrogens is 268 g/mol. The van der Waals surface area contributed by atoms with Crippen LogP contribution in [0.4, 0.5) is 22.7 Å². The summed E-state index contributed by atoms with van der Waals surface area (Å²) >= 11 is 0. The van der Waals surface area contributed by atoms with E-state index in [1.807, 2.05) is 5.48 Å². The fraction of sp³-hybridized carbons (Fsp3) is 0.143. The summed E-state index contributed by atoms with van der Waals surface area (Å²) in [7, 11) is 0.996. The fourth-order valence-corrected chi connectivity index (χ4v) is 1.61. The van der Waals surface area contributed by atoms with E-state index in [2.05, 4.69) is 9.68 Å². The zero-order valence-electron chi connectivity index (χ0n) is 9.22. The number of nitro groups is 2. The number of nitrogens with zero attached hydrogens (tertiary/aromatic N) is 3. The maximum atomic E-state index is 11.4. The maximum absolute atomic E-state index is 11.4. The molecule has 0 aliphatic carbocycles. The minimum Gasteiger partial charge on any atom is -0.557 e. The van der Waals surface area contributed by atoms with Gasteiger partial charge in [-0.2, -0.15) is 10.7 Å². The number of hydrogen-bond donors (Lipinski definition) is 2. The van der Waals surface area contributed by atoms with E-state index in [-0.39, 0.29) is 0 Å². The molecule has 0 aromatic heterocycles. The summed E-state index contributed by atoms with van der Waals surface area (Å²) in [4.78, 5) is 21.5. The molecule has 0 bridgehead atoms. The third kappa shape index (κ3) is 1.80. The molecule has 1 aliphatic rings. The summed E-state index contributed by atoms with van der Waals surface area (Å²) in [5, 5.41) is 42.4. The topological polar surface area (TPSA) is 160 Å². The number of hydrogen-bond acceptors (Lipinski definition) is 9. The molecule has 1 heterocycles. The number of ether oxygens (including phenoxy) is 1. The normalized spacial score (nSPS) is 20.6. The first-order valence-electron chi connectivity index (χ1n) is 4.61. The minimum absolute atomic E-state index is 0.509. The number of rotatable bonds is 3. The van der Waals surface area contributed by atoms with Crippen LogP contribution < -0.4 is 15.2 Å². The first-order valence-corrected chi connectivity index (χ1v) is 4.61. The predicted octanol–water partition coefficient (Wildman–Crippen LogP) is 0.978. The molecular formula is C7H6N4O8. The summed E-state index contributed by atoms with van der Waals surface area (Å²) in [5.74, 6) is -0.660. The van der Waals surface area contributed by atoms with Crippen molar-refractivity contribution in [3.05, 3.63) is 31.5 Å². The molecule has 0 saturated carbocycles. The van der Waals surface area contributed by atoms with Crippen LogP contribution >= 0.6 is 0 Å². The van der Waals surface area contributed by atoms with Crippen LogP contribution in [0, 0.1) is 25.4 Å². The molecule has 2 rings (SSSR count). The van der Waals surface area contributed by atoms with Crippen molar-refractivity contribution in [3.8, 4) is 5.75 Å². The number of nitrogens with one attached hydrogen (secondary N) is 1. The first-order chi connectivity index (χ1) is 8.79. The maximum Gasteiger partial charge on any atom is 0.350 e. The Balaban J connectivity index is 2.85. The second kappa shape index (κ2) is 3.99. The highest BCUT2D eigenvalue weighted by molar-refractivity contribution is 5.86. The van der Waals surface area contributed by atoms with E-state index in [4.69, 9.17) is 0 Å². The summed E-state index contributed by atoms with van der Waals surface area (Å²) < 4.78 is 4.62. The van der Waals surface area contributed by atoms with Crippen LogP contribution in [-0.2, 0) is 4.94 Å². The lowest BCUT2D eigenvalue weighted by Gasteiger charge is -2.20. The number of benzene rings is 1. The van der Waals surface area contributed by atoms with Crippen molar-refractivity contribution in [2.45, 2.75) is 0 Å². The Hall–Kier alpha value is -2.54. The average molecular weight is 274 g/mol. The number of quaternary nitrogens is 1. The van der Waals surface area contributed by atoms with Crippen LogP contribution in [0.5, 0.6) is 5.75 Å². The molecule has 0 fully saturated rings. The van der Waals surface area contributed by atoms with E-state index >= 15 is 0 Å². The van der Waals surface area contributed by atoms with Gasteiger partial charge in [0.2, 0.25) is 11.4 Å². The Morgan fingerprint density at radius 2 is 2.05 bits per heavy atom. The second-order valence-electron chi connectivity index (χ2n) is 3.40. The Kier molecular flexibility index (Phi) is 2.71. The lowest BCUT2D eigenvalue weighted by atomic mass is 10.2. The minimum atomic E-state index is -2.47. The number of anilines is 1. The van der Waals surface area contributed by atoms with Gasteiger partial charge >= 0.3 is 11.4 Å². The van der Waals surface area contributed by atoms with Crippen molar-refractivity contribution < 1.29 is 24.7 Å². The summed E-state index contributed by atoms with van der Waals surface area (Å²) in [6, 6.07) is 0.633. The van der Waals surface area contributed by atoms with E-state index in [0.29, 0.717) is 6.07 Å². The molecule has 1 unspecified atom stereocenters. The third-order valence-corrected chi connectivity index (χ3v) is 2.37. The van der Waals surface area contributed by atoms with Crippen molar-refractivity contribution in [1.82, 2.24) is 4.97 Å². The Morgan fingerprint density at radius 1 is 1.42 bits per heavy atom. The van der Waals surface area contributed by atoms with Crippen LogP contribution in [0.25, 0.3) is 0 Å². The highest BCUT2D eigenvalue weighted by Crippen LogP contribution is 2.51. The zero-order chi connectivity index (χ0) is 14.4. The second-order valence-corrected chi connectivity index (χ2v) is 3.40. The number of methoxy groups -OCH3 is 1. The number of nitro benzene ring substituents is 2. The van der Waals surface area contributed by atoms with Crippen molar-refractivity contribution >= 4 is 22.7 Å². The lowest BCUT2D eigenvalue weighted by molar-refractivity contribution is -0.395. The predicted molar refractivity (Wildman–Crippen MR) is 58.0 cm³/mol. The van der Waals surface area contributed by atoms with Gasteiger partial charge in [-0.15, -0.1) is 0 Å². The smallest absolute Gasteiger partial charge is 0.350 e. The van der Waals surface area contributed by atoms with Crippen molar-refractivity contribution in [1.29, 1.82) is 0 Å². The summed E-state index contributed by atoms with van der Waals surface area (Å²) in [5.41, 5.74) is -1.10.